The summed E-state index contributed by atoms with van der Waals surface area (Å²) < 4.78 is 0. The average molecular weight is 167 g/mol. The van der Waals surface area contributed by atoms with Crippen LogP contribution in [0.5, 0.6) is 0 Å². The molecule has 1 aromatic rings. The van der Waals surface area contributed by atoms with Crippen LogP contribution in [0.3, 0.4) is 0 Å². The zero-order valence-corrected chi connectivity index (χ0v) is 8.02. The molecule has 0 saturated carbocycles. The van der Waals surface area contributed by atoms with Gasteiger partial charge in [0, 0.05) is 17.5 Å². The molecule has 0 unspecified atom stereocenters. The van der Waals surface area contributed by atoms with Crippen molar-refractivity contribution in [3.8, 4) is 0 Å². The minimum Gasteiger partial charge on any atom is -0.385 e. The van der Waals surface area contributed by atoms with Gasteiger partial charge in [0.05, 0.1) is 5.60 Å². The molecule has 0 radical (unpaired) electrons. The number of aryl methyl sites for hydroxylation is 1. The second-order valence-electron chi connectivity index (χ2n) is 3.31. The number of hydrogen-bond donors (Lipinski definition) is 2. The fraction of sp³-hybridized carbons (Fsp3) is 0.600. The molecule has 1 heterocycles. The lowest BCUT2D eigenvalue weighted by molar-refractivity contribution is 0.0285. The quantitative estimate of drug-likeness (QED) is 0.712. The molecule has 0 aliphatic rings. The Labute approximate surface area is 73.6 Å². The number of aromatic nitrogens is 1. The molecule has 1 rings (SSSR count). The molecule has 2 nitrogen and oxygen atoms in total. The summed E-state index contributed by atoms with van der Waals surface area (Å²) in [6.07, 6.45) is 3.42. The summed E-state index contributed by atoms with van der Waals surface area (Å²) >= 11 is 0. The van der Waals surface area contributed by atoms with Gasteiger partial charge < -0.3 is 10.1 Å². The maximum absolute atomic E-state index is 10.1. The third-order valence-corrected chi connectivity index (χ3v) is 2.53. The largest absolute Gasteiger partial charge is 0.385 e. The van der Waals surface area contributed by atoms with Crippen LogP contribution in [-0.2, 0) is 5.60 Å². The molecular formula is C10H17NO. The van der Waals surface area contributed by atoms with Crippen LogP contribution in [0, 0.1) is 6.92 Å². The van der Waals surface area contributed by atoms with Gasteiger partial charge in [-0.1, -0.05) is 13.8 Å². The molecule has 0 fully saturated rings. The van der Waals surface area contributed by atoms with Gasteiger partial charge in [-0.2, -0.15) is 0 Å². The monoisotopic (exact) mass is 167 g/mol. The summed E-state index contributed by atoms with van der Waals surface area (Å²) in [5, 5.41) is 10.1. The van der Waals surface area contributed by atoms with Crippen molar-refractivity contribution in [2.24, 2.45) is 0 Å². The van der Waals surface area contributed by atoms with Crippen LogP contribution in [0.15, 0.2) is 12.3 Å². The van der Waals surface area contributed by atoms with Crippen LogP contribution in [0.25, 0.3) is 0 Å². The summed E-state index contributed by atoms with van der Waals surface area (Å²) in [6.45, 7) is 6.01. The number of rotatable bonds is 3. The van der Waals surface area contributed by atoms with Gasteiger partial charge >= 0.3 is 0 Å². The van der Waals surface area contributed by atoms with Crippen molar-refractivity contribution in [2.75, 3.05) is 0 Å². The number of aliphatic hydroxyl groups is 1. The highest BCUT2D eigenvalue weighted by atomic mass is 16.3. The molecule has 0 aromatic carbocycles. The molecule has 0 aliphatic heterocycles. The van der Waals surface area contributed by atoms with Crippen LogP contribution in [0.2, 0.25) is 0 Å². The Morgan fingerprint density at radius 1 is 1.42 bits per heavy atom. The first-order chi connectivity index (χ1) is 5.62. The fourth-order valence-corrected chi connectivity index (χ4v) is 1.44. The number of aromatic amines is 1. The van der Waals surface area contributed by atoms with E-state index >= 15 is 0 Å². The van der Waals surface area contributed by atoms with E-state index < -0.39 is 5.60 Å². The first kappa shape index (κ1) is 9.33. The predicted octanol–water partition coefficient (Wildman–Crippen LogP) is 2.33. The van der Waals surface area contributed by atoms with Gasteiger partial charge in [-0.25, -0.2) is 0 Å². The normalized spacial score (nSPS) is 12.0. The summed E-state index contributed by atoms with van der Waals surface area (Å²) in [5.41, 5.74) is 1.47. The molecular weight excluding hydrogens is 150 g/mol. The Balaban J connectivity index is 2.94. The van der Waals surface area contributed by atoms with Crippen molar-refractivity contribution in [1.29, 1.82) is 0 Å². The highest BCUT2D eigenvalue weighted by molar-refractivity contribution is 5.22. The second kappa shape index (κ2) is 3.31. The van der Waals surface area contributed by atoms with E-state index in [2.05, 4.69) is 4.98 Å². The van der Waals surface area contributed by atoms with E-state index in [1.165, 1.54) is 0 Å². The van der Waals surface area contributed by atoms with E-state index in [0.29, 0.717) is 0 Å². The smallest absolute Gasteiger partial charge is 0.0905 e. The molecule has 2 N–H and O–H groups in total. The summed E-state index contributed by atoms with van der Waals surface area (Å²) in [6, 6.07) is 2.01. The minimum atomic E-state index is -0.634. The van der Waals surface area contributed by atoms with Gasteiger partial charge in [0.25, 0.3) is 0 Å². The lowest BCUT2D eigenvalue weighted by Gasteiger charge is -2.23. The molecule has 2 heteroatoms. The van der Waals surface area contributed by atoms with Gasteiger partial charge in [-0.15, -0.1) is 0 Å². The molecule has 68 valence electrons. The third-order valence-electron chi connectivity index (χ3n) is 2.53. The van der Waals surface area contributed by atoms with E-state index in [0.717, 1.165) is 24.1 Å². The van der Waals surface area contributed by atoms with Crippen molar-refractivity contribution in [3.63, 3.8) is 0 Å². The first-order valence-electron chi connectivity index (χ1n) is 4.50. The van der Waals surface area contributed by atoms with Crippen LogP contribution < -0.4 is 0 Å². The Hall–Kier alpha value is -0.760. The summed E-state index contributed by atoms with van der Waals surface area (Å²) in [4.78, 5) is 3.08. The van der Waals surface area contributed by atoms with Crippen LogP contribution in [0.4, 0.5) is 0 Å². The summed E-state index contributed by atoms with van der Waals surface area (Å²) in [5.74, 6) is 0. The van der Waals surface area contributed by atoms with Gasteiger partial charge in [0.15, 0.2) is 0 Å². The van der Waals surface area contributed by atoms with E-state index in [1.54, 1.807) is 0 Å². The van der Waals surface area contributed by atoms with Gasteiger partial charge in [-0.3, -0.25) is 0 Å². The summed E-state index contributed by atoms with van der Waals surface area (Å²) in [7, 11) is 0. The fourth-order valence-electron chi connectivity index (χ4n) is 1.44. The topological polar surface area (TPSA) is 36.0 Å². The van der Waals surface area contributed by atoms with Crippen LogP contribution in [-0.4, -0.2) is 10.1 Å². The highest BCUT2D eigenvalue weighted by Gasteiger charge is 2.25. The zero-order chi connectivity index (χ0) is 9.19. The van der Waals surface area contributed by atoms with Crippen molar-refractivity contribution in [2.45, 2.75) is 39.2 Å². The Kier molecular flexibility index (Phi) is 2.58. The maximum Gasteiger partial charge on any atom is 0.0905 e. The van der Waals surface area contributed by atoms with E-state index in [9.17, 15) is 5.11 Å². The number of hydrogen-bond acceptors (Lipinski definition) is 1. The predicted molar refractivity (Wildman–Crippen MR) is 50.0 cm³/mol. The van der Waals surface area contributed by atoms with Crippen molar-refractivity contribution >= 4 is 0 Å². The highest BCUT2D eigenvalue weighted by Crippen LogP contribution is 2.28. The van der Waals surface area contributed by atoms with Crippen molar-refractivity contribution < 1.29 is 5.11 Å². The Morgan fingerprint density at radius 3 is 2.33 bits per heavy atom. The standard InChI is InChI=1S/C10H17NO/c1-4-10(12,5-2)9-6-8(3)11-7-9/h6-7,11-12H,4-5H2,1-3H3. The first-order valence-corrected chi connectivity index (χ1v) is 4.50. The molecule has 0 bridgehead atoms. The minimum absolute atomic E-state index is 0.634. The lowest BCUT2D eigenvalue weighted by Crippen LogP contribution is -2.22. The SMILES string of the molecule is CCC(O)(CC)c1c[nH]c(C)c1. The molecule has 0 saturated heterocycles. The molecule has 0 spiro atoms. The van der Waals surface area contributed by atoms with E-state index in [4.69, 9.17) is 0 Å². The van der Waals surface area contributed by atoms with E-state index in [1.807, 2.05) is 33.0 Å². The van der Waals surface area contributed by atoms with E-state index in [-0.39, 0.29) is 0 Å². The van der Waals surface area contributed by atoms with Crippen molar-refractivity contribution in [1.82, 2.24) is 4.98 Å². The van der Waals surface area contributed by atoms with Crippen LogP contribution in [0.1, 0.15) is 37.9 Å². The number of H-pyrrole nitrogens is 1. The Bertz CT molecular complexity index is 248. The second-order valence-corrected chi connectivity index (χ2v) is 3.31. The van der Waals surface area contributed by atoms with Gasteiger partial charge in [0.1, 0.15) is 0 Å². The Morgan fingerprint density at radius 2 is 2.00 bits per heavy atom. The molecule has 1 aromatic heterocycles. The maximum atomic E-state index is 10.1. The third kappa shape index (κ3) is 1.53. The molecule has 0 amide bonds. The van der Waals surface area contributed by atoms with Crippen molar-refractivity contribution in [3.05, 3.63) is 23.5 Å². The molecule has 0 atom stereocenters. The molecule has 12 heavy (non-hydrogen) atoms. The number of nitrogens with one attached hydrogen (secondary N) is 1. The molecule has 0 aliphatic carbocycles. The average Bonchev–Trinajstić information content (AvgIpc) is 2.51. The van der Waals surface area contributed by atoms with Gasteiger partial charge in [0.2, 0.25) is 0 Å². The van der Waals surface area contributed by atoms with Gasteiger partial charge in [-0.05, 0) is 25.8 Å². The lowest BCUT2D eigenvalue weighted by atomic mass is 9.91. The van der Waals surface area contributed by atoms with Crippen LogP contribution >= 0.6 is 0 Å². The zero-order valence-electron chi connectivity index (χ0n) is 8.02.